The van der Waals surface area contributed by atoms with Gasteiger partial charge >= 0.3 is 0 Å². The number of carbonyl (C=O) groups excluding carboxylic acids is 1. The molecular formula is C13H24N2O3. The van der Waals surface area contributed by atoms with Crippen LogP contribution >= 0.6 is 0 Å². The number of aliphatic hydroxyl groups is 1. The summed E-state index contributed by atoms with van der Waals surface area (Å²) in [6.45, 7) is 3.80. The molecule has 0 radical (unpaired) electrons. The number of carbonyl (C=O) groups is 1. The van der Waals surface area contributed by atoms with E-state index >= 15 is 0 Å². The molecule has 0 aromatic rings. The fourth-order valence-electron chi connectivity index (χ4n) is 2.93. The Morgan fingerprint density at radius 3 is 2.94 bits per heavy atom. The van der Waals surface area contributed by atoms with Crippen LogP contribution in [0.2, 0.25) is 0 Å². The molecule has 0 bridgehead atoms. The van der Waals surface area contributed by atoms with Gasteiger partial charge in [0.25, 0.3) is 0 Å². The number of rotatable bonds is 2. The van der Waals surface area contributed by atoms with E-state index in [1.54, 1.807) is 0 Å². The largest absolute Gasteiger partial charge is 0.394 e. The minimum atomic E-state index is -0.217. The van der Waals surface area contributed by atoms with Crippen LogP contribution in [0.25, 0.3) is 0 Å². The highest BCUT2D eigenvalue weighted by Crippen LogP contribution is 2.29. The molecule has 4 unspecified atom stereocenters. The summed E-state index contributed by atoms with van der Waals surface area (Å²) >= 11 is 0. The van der Waals surface area contributed by atoms with E-state index in [1.807, 2.05) is 4.90 Å². The summed E-state index contributed by atoms with van der Waals surface area (Å²) in [5.74, 6) is 0.745. The van der Waals surface area contributed by atoms with E-state index in [2.05, 4.69) is 6.92 Å². The van der Waals surface area contributed by atoms with E-state index in [4.69, 9.17) is 15.6 Å². The lowest BCUT2D eigenvalue weighted by atomic mass is 9.78. The Hall–Kier alpha value is -0.650. The molecule has 1 saturated carbocycles. The van der Waals surface area contributed by atoms with Crippen LogP contribution in [0.1, 0.15) is 26.2 Å². The lowest BCUT2D eigenvalue weighted by Gasteiger charge is -2.37. The highest BCUT2D eigenvalue weighted by atomic mass is 16.5. The van der Waals surface area contributed by atoms with Gasteiger partial charge in [-0.15, -0.1) is 0 Å². The number of aliphatic hydroxyl groups excluding tert-OH is 1. The van der Waals surface area contributed by atoms with Crippen LogP contribution in [-0.2, 0) is 9.53 Å². The van der Waals surface area contributed by atoms with Crippen LogP contribution < -0.4 is 5.73 Å². The predicted molar refractivity (Wildman–Crippen MR) is 67.9 cm³/mol. The standard InChI is InChI=1S/C13H24N2O3/c1-9-6-10(2-3-12(9)14)13(17)15-4-5-18-11(7-15)8-16/h9-12,16H,2-8,14H2,1H3. The van der Waals surface area contributed by atoms with Gasteiger partial charge in [-0.1, -0.05) is 6.92 Å². The van der Waals surface area contributed by atoms with Gasteiger partial charge in [0.1, 0.15) is 0 Å². The molecule has 5 nitrogen and oxygen atoms in total. The second-order valence-electron chi connectivity index (χ2n) is 5.61. The van der Waals surface area contributed by atoms with E-state index in [-0.39, 0.29) is 30.6 Å². The van der Waals surface area contributed by atoms with Gasteiger partial charge in [-0.3, -0.25) is 4.79 Å². The molecule has 2 rings (SSSR count). The van der Waals surface area contributed by atoms with Gasteiger partial charge in [0.05, 0.1) is 19.3 Å². The summed E-state index contributed by atoms with van der Waals surface area (Å²) in [7, 11) is 0. The van der Waals surface area contributed by atoms with Gasteiger partial charge in [0.15, 0.2) is 0 Å². The van der Waals surface area contributed by atoms with Crippen molar-refractivity contribution in [3.63, 3.8) is 0 Å². The van der Waals surface area contributed by atoms with E-state index in [9.17, 15) is 4.79 Å². The number of hydrogen-bond donors (Lipinski definition) is 2. The topological polar surface area (TPSA) is 75.8 Å². The molecule has 4 atom stereocenters. The van der Waals surface area contributed by atoms with Gasteiger partial charge in [-0.25, -0.2) is 0 Å². The SMILES string of the molecule is CC1CC(C(=O)N2CCOC(CO)C2)CCC1N. The zero-order valence-electron chi connectivity index (χ0n) is 11.0. The number of morpholine rings is 1. The minimum absolute atomic E-state index is 0.0181. The van der Waals surface area contributed by atoms with Crippen LogP contribution in [0.5, 0.6) is 0 Å². The summed E-state index contributed by atoms with van der Waals surface area (Å²) in [4.78, 5) is 14.3. The molecule has 1 aliphatic carbocycles. The first-order chi connectivity index (χ1) is 8.61. The number of hydrogen-bond acceptors (Lipinski definition) is 4. The number of nitrogens with zero attached hydrogens (tertiary/aromatic N) is 1. The van der Waals surface area contributed by atoms with Crippen LogP contribution in [0.3, 0.4) is 0 Å². The van der Waals surface area contributed by atoms with Gasteiger partial charge in [0, 0.05) is 25.0 Å². The van der Waals surface area contributed by atoms with Crippen LogP contribution in [0.4, 0.5) is 0 Å². The lowest BCUT2D eigenvalue weighted by Crippen LogP contribution is -2.50. The maximum Gasteiger partial charge on any atom is 0.225 e. The monoisotopic (exact) mass is 256 g/mol. The molecule has 1 saturated heterocycles. The molecule has 18 heavy (non-hydrogen) atoms. The Kier molecular flexibility index (Phi) is 4.59. The van der Waals surface area contributed by atoms with Gasteiger partial charge in [-0.05, 0) is 25.2 Å². The van der Waals surface area contributed by atoms with E-state index in [1.165, 1.54) is 0 Å². The fraction of sp³-hybridized carbons (Fsp3) is 0.923. The van der Waals surface area contributed by atoms with E-state index in [0.717, 1.165) is 19.3 Å². The highest BCUT2D eigenvalue weighted by molar-refractivity contribution is 5.79. The first-order valence-corrected chi connectivity index (χ1v) is 6.88. The Morgan fingerprint density at radius 2 is 2.28 bits per heavy atom. The van der Waals surface area contributed by atoms with Gasteiger partial charge in [0.2, 0.25) is 5.91 Å². The third-order valence-electron chi connectivity index (χ3n) is 4.24. The molecule has 0 spiro atoms. The summed E-state index contributed by atoms with van der Waals surface area (Å²) < 4.78 is 5.37. The normalized spacial score (nSPS) is 37.6. The minimum Gasteiger partial charge on any atom is -0.394 e. The molecule has 104 valence electrons. The third kappa shape index (κ3) is 3.02. The van der Waals surface area contributed by atoms with Crippen molar-refractivity contribution in [3.8, 4) is 0 Å². The molecule has 3 N–H and O–H groups in total. The molecule has 2 aliphatic rings. The first-order valence-electron chi connectivity index (χ1n) is 6.88. The molecule has 0 aromatic heterocycles. The molecule has 2 fully saturated rings. The Balaban J connectivity index is 1.90. The van der Waals surface area contributed by atoms with Gasteiger partial charge in [-0.2, -0.15) is 0 Å². The number of nitrogens with two attached hydrogens (primary N) is 1. The number of amides is 1. The summed E-state index contributed by atoms with van der Waals surface area (Å²) in [6, 6.07) is 0.240. The maximum absolute atomic E-state index is 12.4. The summed E-state index contributed by atoms with van der Waals surface area (Å²) in [6.07, 6.45) is 2.50. The second-order valence-corrected chi connectivity index (χ2v) is 5.61. The quantitative estimate of drug-likeness (QED) is 0.727. The Morgan fingerprint density at radius 1 is 1.50 bits per heavy atom. The van der Waals surface area contributed by atoms with Crippen molar-refractivity contribution in [1.82, 2.24) is 4.90 Å². The van der Waals surface area contributed by atoms with Crippen molar-refractivity contribution in [1.29, 1.82) is 0 Å². The van der Waals surface area contributed by atoms with E-state index in [0.29, 0.717) is 25.6 Å². The summed E-state index contributed by atoms with van der Waals surface area (Å²) in [5, 5.41) is 9.10. The molecule has 0 aromatic carbocycles. The Bertz CT molecular complexity index is 290. The highest BCUT2D eigenvalue weighted by Gasteiger charge is 2.33. The predicted octanol–water partition coefficient (Wildman–Crippen LogP) is -0.0304. The fourth-order valence-corrected chi connectivity index (χ4v) is 2.93. The smallest absolute Gasteiger partial charge is 0.225 e. The maximum atomic E-state index is 12.4. The zero-order chi connectivity index (χ0) is 13.1. The van der Waals surface area contributed by atoms with Crippen LogP contribution in [-0.4, -0.2) is 54.4 Å². The second kappa shape index (κ2) is 5.99. The van der Waals surface area contributed by atoms with Crippen LogP contribution in [0.15, 0.2) is 0 Å². The van der Waals surface area contributed by atoms with Crippen molar-refractivity contribution in [3.05, 3.63) is 0 Å². The van der Waals surface area contributed by atoms with Gasteiger partial charge < -0.3 is 20.5 Å². The van der Waals surface area contributed by atoms with Crippen molar-refractivity contribution in [2.75, 3.05) is 26.3 Å². The summed E-state index contributed by atoms with van der Waals surface area (Å²) in [5.41, 5.74) is 5.98. The number of ether oxygens (including phenoxy) is 1. The van der Waals surface area contributed by atoms with Crippen molar-refractivity contribution < 1.29 is 14.6 Å². The average Bonchev–Trinajstić information content (AvgIpc) is 2.41. The third-order valence-corrected chi connectivity index (χ3v) is 4.24. The van der Waals surface area contributed by atoms with Crippen LogP contribution in [0, 0.1) is 11.8 Å². The first kappa shape index (κ1) is 13.8. The van der Waals surface area contributed by atoms with E-state index < -0.39 is 0 Å². The Labute approximate surface area is 108 Å². The molecule has 1 aliphatic heterocycles. The molecule has 1 amide bonds. The zero-order valence-corrected chi connectivity index (χ0v) is 11.0. The molecular weight excluding hydrogens is 232 g/mol. The average molecular weight is 256 g/mol. The van der Waals surface area contributed by atoms with Crippen molar-refractivity contribution in [2.45, 2.75) is 38.3 Å². The molecule has 5 heteroatoms. The van der Waals surface area contributed by atoms with Crippen molar-refractivity contribution in [2.24, 2.45) is 17.6 Å². The van der Waals surface area contributed by atoms with Crippen molar-refractivity contribution >= 4 is 5.91 Å². The molecule has 1 heterocycles. The lowest BCUT2D eigenvalue weighted by molar-refractivity contribution is -0.146.